The van der Waals surface area contributed by atoms with Gasteiger partial charge in [0.05, 0.1) is 23.1 Å². The fourth-order valence-electron chi connectivity index (χ4n) is 3.35. The van der Waals surface area contributed by atoms with Crippen molar-refractivity contribution in [3.8, 4) is 28.5 Å². The number of rotatable bonds is 3. The zero-order valence-corrected chi connectivity index (χ0v) is 16.1. The van der Waals surface area contributed by atoms with Gasteiger partial charge < -0.3 is 5.73 Å². The summed E-state index contributed by atoms with van der Waals surface area (Å²) in [5.41, 5.74) is 11.5. The lowest BCUT2D eigenvalue weighted by Crippen LogP contribution is -2.02. The van der Waals surface area contributed by atoms with E-state index < -0.39 is 0 Å². The fraction of sp³-hybridized carbons (Fsp3) is 0.0435. The van der Waals surface area contributed by atoms with Crippen molar-refractivity contribution in [2.24, 2.45) is 0 Å². The molecule has 7 heteroatoms. The van der Waals surface area contributed by atoms with Gasteiger partial charge >= 0.3 is 0 Å². The van der Waals surface area contributed by atoms with E-state index in [9.17, 15) is 4.39 Å². The molecule has 0 amide bonds. The van der Waals surface area contributed by atoms with Crippen molar-refractivity contribution in [1.29, 1.82) is 0 Å². The minimum absolute atomic E-state index is 0.390. The first kappa shape index (κ1) is 17.9. The number of pyridine rings is 3. The molecule has 146 valence electrons. The van der Waals surface area contributed by atoms with Gasteiger partial charge in [0.15, 0.2) is 11.5 Å². The summed E-state index contributed by atoms with van der Waals surface area (Å²) in [5.74, 6) is 0.650. The van der Waals surface area contributed by atoms with Crippen LogP contribution >= 0.6 is 0 Å². The van der Waals surface area contributed by atoms with Crippen molar-refractivity contribution in [3.05, 3.63) is 84.4 Å². The fourth-order valence-corrected chi connectivity index (χ4v) is 3.35. The molecule has 0 aliphatic carbocycles. The van der Waals surface area contributed by atoms with Gasteiger partial charge in [0, 0.05) is 11.9 Å². The molecule has 0 atom stereocenters. The number of aromatic nitrogens is 5. The van der Waals surface area contributed by atoms with E-state index in [2.05, 4.69) is 9.97 Å². The molecule has 0 aliphatic heterocycles. The Morgan fingerprint density at radius 3 is 2.40 bits per heavy atom. The molecule has 0 spiro atoms. The van der Waals surface area contributed by atoms with E-state index in [4.69, 9.17) is 15.7 Å². The highest BCUT2D eigenvalue weighted by Gasteiger charge is 2.18. The number of nitrogen functional groups attached to an aromatic ring is 1. The summed E-state index contributed by atoms with van der Waals surface area (Å²) in [5, 5.41) is 0. The minimum atomic E-state index is -0.390. The first-order chi connectivity index (χ1) is 14.6. The Kier molecular flexibility index (Phi) is 4.21. The van der Waals surface area contributed by atoms with Crippen LogP contribution in [0.5, 0.6) is 0 Å². The van der Waals surface area contributed by atoms with Gasteiger partial charge in [-0.05, 0) is 55.5 Å². The Balaban J connectivity index is 1.79. The molecule has 1 aromatic carbocycles. The van der Waals surface area contributed by atoms with Gasteiger partial charge in [-0.2, -0.15) is 0 Å². The molecule has 0 fully saturated rings. The summed E-state index contributed by atoms with van der Waals surface area (Å²) in [7, 11) is 0. The Bertz CT molecular complexity index is 1360. The van der Waals surface area contributed by atoms with Crippen molar-refractivity contribution >= 4 is 17.0 Å². The molecule has 5 rings (SSSR count). The van der Waals surface area contributed by atoms with E-state index in [1.807, 2.05) is 60.0 Å². The van der Waals surface area contributed by atoms with Crippen LogP contribution in [0.2, 0.25) is 0 Å². The lowest BCUT2D eigenvalue weighted by Gasteiger charge is -2.11. The highest BCUT2D eigenvalue weighted by atomic mass is 19.1. The van der Waals surface area contributed by atoms with Crippen molar-refractivity contribution in [1.82, 2.24) is 24.5 Å². The molecular weight excluding hydrogens is 379 g/mol. The lowest BCUT2D eigenvalue weighted by molar-refractivity contribution is 0.622. The zero-order chi connectivity index (χ0) is 20.7. The van der Waals surface area contributed by atoms with Crippen molar-refractivity contribution < 1.29 is 4.39 Å². The predicted octanol–water partition coefficient (Wildman–Crippen LogP) is 4.57. The Hall–Kier alpha value is -4.13. The largest absolute Gasteiger partial charge is 0.383 e. The average Bonchev–Trinajstić information content (AvgIpc) is 3.13. The van der Waals surface area contributed by atoms with E-state index in [1.54, 1.807) is 12.3 Å². The number of benzene rings is 1. The molecular formula is C23H17FN6. The van der Waals surface area contributed by atoms with Gasteiger partial charge in [-0.1, -0.05) is 17.7 Å². The number of anilines is 1. The molecule has 4 heterocycles. The van der Waals surface area contributed by atoms with Gasteiger partial charge in [-0.3, -0.25) is 9.55 Å². The van der Waals surface area contributed by atoms with E-state index >= 15 is 0 Å². The van der Waals surface area contributed by atoms with E-state index in [0.29, 0.717) is 34.2 Å². The van der Waals surface area contributed by atoms with Gasteiger partial charge in [0.1, 0.15) is 17.2 Å². The summed E-state index contributed by atoms with van der Waals surface area (Å²) >= 11 is 0. The van der Waals surface area contributed by atoms with Gasteiger partial charge in [-0.15, -0.1) is 0 Å². The highest BCUT2D eigenvalue weighted by Crippen LogP contribution is 2.31. The minimum Gasteiger partial charge on any atom is -0.383 e. The Morgan fingerprint density at radius 2 is 1.67 bits per heavy atom. The first-order valence-corrected chi connectivity index (χ1v) is 9.39. The van der Waals surface area contributed by atoms with Crippen LogP contribution in [0.25, 0.3) is 39.6 Å². The maximum Gasteiger partial charge on any atom is 0.165 e. The topological polar surface area (TPSA) is 82.5 Å². The zero-order valence-electron chi connectivity index (χ0n) is 16.1. The molecule has 4 aromatic heterocycles. The molecule has 0 saturated carbocycles. The van der Waals surface area contributed by atoms with Crippen LogP contribution in [0.4, 0.5) is 10.2 Å². The summed E-state index contributed by atoms with van der Waals surface area (Å²) in [6.07, 6.45) is 2.83. The van der Waals surface area contributed by atoms with Crippen LogP contribution in [-0.4, -0.2) is 24.5 Å². The Labute approximate surface area is 171 Å². The molecule has 6 nitrogen and oxygen atoms in total. The molecule has 0 aliphatic rings. The molecule has 30 heavy (non-hydrogen) atoms. The predicted molar refractivity (Wildman–Crippen MR) is 114 cm³/mol. The molecule has 2 N–H and O–H groups in total. The number of aryl methyl sites for hydroxylation is 1. The van der Waals surface area contributed by atoms with Gasteiger partial charge in [-0.25, -0.2) is 19.3 Å². The molecule has 5 aromatic rings. The quantitative estimate of drug-likeness (QED) is 0.483. The third-order valence-electron chi connectivity index (χ3n) is 4.87. The molecule has 0 bridgehead atoms. The normalized spacial score (nSPS) is 11.1. The summed E-state index contributed by atoms with van der Waals surface area (Å²) in [6.45, 7) is 2.03. The number of imidazole rings is 1. The van der Waals surface area contributed by atoms with Crippen LogP contribution in [0.15, 0.2) is 73.1 Å². The summed E-state index contributed by atoms with van der Waals surface area (Å²) in [6, 6.07) is 18.5. The van der Waals surface area contributed by atoms with Crippen molar-refractivity contribution in [2.45, 2.75) is 6.92 Å². The van der Waals surface area contributed by atoms with Crippen LogP contribution in [0, 0.1) is 12.7 Å². The van der Waals surface area contributed by atoms with Gasteiger partial charge in [0.2, 0.25) is 0 Å². The third-order valence-corrected chi connectivity index (χ3v) is 4.87. The van der Waals surface area contributed by atoms with Crippen LogP contribution in [0.3, 0.4) is 0 Å². The monoisotopic (exact) mass is 396 g/mol. The number of nitrogens with two attached hydrogens (primary N) is 1. The molecule has 0 unspecified atom stereocenters. The van der Waals surface area contributed by atoms with E-state index in [1.165, 1.54) is 12.3 Å². The molecule has 0 saturated heterocycles. The van der Waals surface area contributed by atoms with Gasteiger partial charge in [0.25, 0.3) is 0 Å². The average molecular weight is 396 g/mol. The van der Waals surface area contributed by atoms with Crippen molar-refractivity contribution in [3.63, 3.8) is 0 Å². The number of nitrogens with zero attached hydrogens (tertiary/aromatic N) is 5. The SMILES string of the molecule is Cc1ccc(-n2c(-c3cccnc3N)nc3ccc(-c4ccc(F)cn4)nc32)cc1. The lowest BCUT2D eigenvalue weighted by atomic mass is 10.2. The Morgan fingerprint density at radius 1 is 0.867 bits per heavy atom. The second-order valence-corrected chi connectivity index (χ2v) is 6.94. The van der Waals surface area contributed by atoms with Crippen LogP contribution in [-0.2, 0) is 0 Å². The number of hydrogen-bond donors (Lipinski definition) is 1. The maximum atomic E-state index is 13.3. The summed E-state index contributed by atoms with van der Waals surface area (Å²) < 4.78 is 15.2. The standard InChI is InChI=1S/C23H17FN6/c1-14-4-7-16(8-5-14)30-22(17-3-2-12-26-21(17)25)29-20-11-10-19(28-23(20)30)18-9-6-15(24)13-27-18/h2-13H,1H3,(H2,25,26). The highest BCUT2D eigenvalue weighted by molar-refractivity contribution is 5.84. The number of fused-ring (bicyclic) bond motifs is 1. The smallest absolute Gasteiger partial charge is 0.165 e. The second kappa shape index (κ2) is 7.04. The third kappa shape index (κ3) is 3.06. The van der Waals surface area contributed by atoms with Crippen LogP contribution < -0.4 is 5.73 Å². The second-order valence-electron chi connectivity index (χ2n) is 6.94. The van der Waals surface area contributed by atoms with E-state index in [-0.39, 0.29) is 5.82 Å². The molecule has 0 radical (unpaired) electrons. The van der Waals surface area contributed by atoms with Crippen molar-refractivity contribution in [2.75, 3.05) is 5.73 Å². The number of hydrogen-bond acceptors (Lipinski definition) is 5. The first-order valence-electron chi connectivity index (χ1n) is 9.39. The van der Waals surface area contributed by atoms with Crippen LogP contribution in [0.1, 0.15) is 5.56 Å². The summed E-state index contributed by atoms with van der Waals surface area (Å²) in [4.78, 5) is 18.0. The maximum absolute atomic E-state index is 13.3. The van der Waals surface area contributed by atoms with E-state index in [0.717, 1.165) is 16.8 Å². The number of halogens is 1.